The van der Waals surface area contributed by atoms with Crippen LogP contribution >= 0.6 is 0 Å². The van der Waals surface area contributed by atoms with Crippen LogP contribution in [0.2, 0.25) is 0 Å². The molecule has 2 aromatic rings. The minimum Gasteiger partial charge on any atom is -0.391 e. The van der Waals surface area contributed by atoms with Gasteiger partial charge in [0.2, 0.25) is 0 Å². The van der Waals surface area contributed by atoms with Crippen LogP contribution in [0.3, 0.4) is 0 Å². The molecule has 0 aliphatic heterocycles. The van der Waals surface area contributed by atoms with Gasteiger partial charge >= 0.3 is 0 Å². The van der Waals surface area contributed by atoms with Gasteiger partial charge in [0, 0.05) is 6.54 Å². The zero-order valence-corrected chi connectivity index (χ0v) is 13.8. The topological polar surface area (TPSA) is 67.2 Å². The van der Waals surface area contributed by atoms with Gasteiger partial charge in [-0.3, -0.25) is 9.48 Å². The summed E-state index contributed by atoms with van der Waals surface area (Å²) in [4.78, 5) is 12.3. The Labute approximate surface area is 137 Å². The van der Waals surface area contributed by atoms with Crippen LogP contribution in [0, 0.1) is 0 Å². The van der Waals surface area contributed by atoms with E-state index in [1.807, 2.05) is 48.9 Å². The number of carbonyl (C=O) groups excluding carboxylic acids is 1. The lowest BCUT2D eigenvalue weighted by molar-refractivity contribution is 0.0909. The van der Waals surface area contributed by atoms with Gasteiger partial charge in [-0.2, -0.15) is 5.10 Å². The van der Waals surface area contributed by atoms with Crippen LogP contribution in [0.25, 0.3) is 0 Å². The predicted octanol–water partition coefficient (Wildman–Crippen LogP) is 2.38. The average molecular weight is 315 g/mol. The summed E-state index contributed by atoms with van der Waals surface area (Å²) in [5.74, 6) is -0.170. The van der Waals surface area contributed by atoms with Gasteiger partial charge in [-0.05, 0) is 18.4 Å². The highest BCUT2D eigenvalue weighted by Crippen LogP contribution is 2.12. The third-order valence-electron chi connectivity index (χ3n) is 3.82. The molecule has 1 aromatic carbocycles. The number of nitrogens with zero attached hydrogens (tertiary/aromatic N) is 2. The lowest BCUT2D eigenvalue weighted by Crippen LogP contribution is -2.32. The van der Waals surface area contributed by atoms with Crippen LogP contribution in [0.1, 0.15) is 48.3 Å². The Kier molecular flexibility index (Phi) is 6.35. The number of hydrogen-bond acceptors (Lipinski definition) is 3. The molecule has 1 aromatic heterocycles. The van der Waals surface area contributed by atoms with Gasteiger partial charge in [0.15, 0.2) is 0 Å². The van der Waals surface area contributed by atoms with E-state index >= 15 is 0 Å². The third kappa shape index (κ3) is 4.66. The van der Waals surface area contributed by atoms with Crippen LogP contribution in [-0.4, -0.2) is 33.4 Å². The maximum Gasteiger partial charge on any atom is 0.254 e. The van der Waals surface area contributed by atoms with Gasteiger partial charge in [-0.25, -0.2) is 0 Å². The van der Waals surface area contributed by atoms with Gasteiger partial charge in [0.1, 0.15) is 0 Å². The van der Waals surface area contributed by atoms with Crippen molar-refractivity contribution in [3.05, 3.63) is 53.3 Å². The van der Waals surface area contributed by atoms with E-state index in [1.54, 1.807) is 6.20 Å². The summed E-state index contributed by atoms with van der Waals surface area (Å²) >= 11 is 0. The molecule has 0 aliphatic carbocycles. The highest BCUT2D eigenvalue weighted by Gasteiger charge is 2.17. The molecule has 0 radical (unpaired) electrons. The largest absolute Gasteiger partial charge is 0.391 e. The Morgan fingerprint density at radius 2 is 2.04 bits per heavy atom. The molecule has 0 fully saturated rings. The van der Waals surface area contributed by atoms with Gasteiger partial charge in [-0.15, -0.1) is 0 Å². The molecule has 0 bridgehead atoms. The van der Waals surface area contributed by atoms with Crippen LogP contribution in [0.15, 0.2) is 36.5 Å². The van der Waals surface area contributed by atoms with Crippen molar-refractivity contribution >= 4 is 5.91 Å². The quantitative estimate of drug-likeness (QED) is 0.786. The average Bonchev–Trinajstić information content (AvgIpc) is 2.96. The van der Waals surface area contributed by atoms with Gasteiger partial charge in [-0.1, -0.05) is 50.6 Å². The Balaban J connectivity index is 2.06. The first-order valence-electron chi connectivity index (χ1n) is 8.20. The lowest BCUT2D eigenvalue weighted by Gasteiger charge is -2.11. The highest BCUT2D eigenvalue weighted by molar-refractivity contribution is 5.95. The summed E-state index contributed by atoms with van der Waals surface area (Å²) in [5.41, 5.74) is 2.65. The molecule has 1 unspecified atom stereocenters. The molecule has 0 saturated heterocycles. The first-order valence-corrected chi connectivity index (χ1v) is 8.20. The molecule has 2 rings (SSSR count). The van der Waals surface area contributed by atoms with Gasteiger partial charge < -0.3 is 10.4 Å². The number of benzene rings is 1. The van der Waals surface area contributed by atoms with E-state index < -0.39 is 6.10 Å². The standard InChI is InChI=1S/C18H25N3O2/c1-3-8-15(22)11-19-18(23)16-12-20-21(17(16)4-2)13-14-9-6-5-7-10-14/h5-7,9-10,12,15,22H,3-4,8,11,13H2,1-2H3,(H,19,23). The fraction of sp³-hybridized carbons (Fsp3) is 0.444. The van der Waals surface area contributed by atoms with E-state index in [2.05, 4.69) is 10.4 Å². The summed E-state index contributed by atoms with van der Waals surface area (Å²) in [7, 11) is 0. The van der Waals surface area contributed by atoms with Crippen molar-refractivity contribution in [1.29, 1.82) is 0 Å². The summed E-state index contributed by atoms with van der Waals surface area (Å²) < 4.78 is 1.87. The molecule has 1 amide bonds. The van der Waals surface area contributed by atoms with Crippen LogP contribution < -0.4 is 5.32 Å². The van der Waals surface area contributed by atoms with Crippen molar-refractivity contribution in [3.63, 3.8) is 0 Å². The molecule has 5 nitrogen and oxygen atoms in total. The van der Waals surface area contributed by atoms with Crippen LogP contribution in [-0.2, 0) is 13.0 Å². The summed E-state index contributed by atoms with van der Waals surface area (Å²) in [5, 5.41) is 16.9. The van der Waals surface area contributed by atoms with E-state index in [0.717, 1.165) is 24.1 Å². The lowest BCUT2D eigenvalue weighted by atomic mass is 10.1. The van der Waals surface area contributed by atoms with Crippen molar-refractivity contribution in [3.8, 4) is 0 Å². The van der Waals surface area contributed by atoms with E-state index in [0.29, 0.717) is 18.5 Å². The number of carbonyl (C=O) groups is 1. The number of nitrogens with one attached hydrogen (secondary N) is 1. The second-order valence-electron chi connectivity index (χ2n) is 5.65. The summed E-state index contributed by atoms with van der Waals surface area (Å²) in [6, 6.07) is 10.1. The Hall–Kier alpha value is -2.14. The molecule has 1 atom stereocenters. The molecule has 0 aliphatic rings. The normalized spacial score (nSPS) is 12.1. The van der Waals surface area contributed by atoms with E-state index in [4.69, 9.17) is 0 Å². The van der Waals surface area contributed by atoms with Crippen molar-refractivity contribution in [2.45, 2.75) is 45.8 Å². The molecule has 2 N–H and O–H groups in total. The highest BCUT2D eigenvalue weighted by atomic mass is 16.3. The Bertz CT molecular complexity index is 622. The Morgan fingerprint density at radius 3 is 2.70 bits per heavy atom. The molecular weight excluding hydrogens is 290 g/mol. The summed E-state index contributed by atoms with van der Waals surface area (Å²) in [6.07, 6.45) is 3.44. The zero-order chi connectivity index (χ0) is 16.7. The molecule has 0 saturated carbocycles. The maximum absolute atomic E-state index is 12.3. The first-order chi connectivity index (χ1) is 11.2. The fourth-order valence-electron chi connectivity index (χ4n) is 2.61. The van der Waals surface area contributed by atoms with E-state index in [-0.39, 0.29) is 12.5 Å². The fourth-order valence-corrected chi connectivity index (χ4v) is 2.61. The van der Waals surface area contributed by atoms with E-state index in [9.17, 15) is 9.90 Å². The van der Waals surface area contributed by atoms with Crippen molar-refractivity contribution in [2.75, 3.05) is 6.54 Å². The van der Waals surface area contributed by atoms with Crippen LogP contribution in [0.5, 0.6) is 0 Å². The molecule has 124 valence electrons. The number of aliphatic hydroxyl groups is 1. The number of aromatic nitrogens is 2. The van der Waals surface area contributed by atoms with Crippen LogP contribution in [0.4, 0.5) is 0 Å². The number of aliphatic hydroxyl groups excluding tert-OH is 1. The molecule has 0 spiro atoms. The first kappa shape index (κ1) is 17.2. The number of rotatable bonds is 8. The Morgan fingerprint density at radius 1 is 1.30 bits per heavy atom. The third-order valence-corrected chi connectivity index (χ3v) is 3.82. The molecular formula is C18H25N3O2. The molecule has 5 heteroatoms. The van der Waals surface area contributed by atoms with Crippen molar-refractivity contribution in [1.82, 2.24) is 15.1 Å². The zero-order valence-electron chi connectivity index (χ0n) is 13.8. The molecule has 23 heavy (non-hydrogen) atoms. The second kappa shape index (κ2) is 8.48. The number of amides is 1. The van der Waals surface area contributed by atoms with Gasteiger partial charge in [0.25, 0.3) is 5.91 Å². The smallest absolute Gasteiger partial charge is 0.254 e. The summed E-state index contributed by atoms with van der Waals surface area (Å²) in [6.45, 7) is 4.95. The minimum absolute atomic E-state index is 0.170. The number of hydrogen-bond donors (Lipinski definition) is 2. The van der Waals surface area contributed by atoms with E-state index in [1.165, 1.54) is 0 Å². The minimum atomic E-state index is -0.492. The van der Waals surface area contributed by atoms with Gasteiger partial charge in [0.05, 0.1) is 30.1 Å². The van der Waals surface area contributed by atoms with Crippen molar-refractivity contribution in [2.24, 2.45) is 0 Å². The second-order valence-corrected chi connectivity index (χ2v) is 5.65. The SMILES string of the molecule is CCCC(O)CNC(=O)c1cnn(Cc2ccccc2)c1CC. The molecule has 1 heterocycles. The predicted molar refractivity (Wildman–Crippen MR) is 90.4 cm³/mol. The van der Waals surface area contributed by atoms with Crippen molar-refractivity contribution < 1.29 is 9.90 Å². The monoisotopic (exact) mass is 315 g/mol. The maximum atomic E-state index is 12.3.